The molecule has 5 heteroatoms. The molecule has 3 rings (SSSR count). The summed E-state index contributed by atoms with van der Waals surface area (Å²) < 4.78 is 11.9. The molecular formula is C19H23BrN2O2. The first kappa shape index (κ1) is 17.3. The lowest BCUT2D eigenvalue weighted by molar-refractivity contribution is 0.390. The van der Waals surface area contributed by atoms with E-state index in [-0.39, 0.29) is 0 Å². The van der Waals surface area contributed by atoms with E-state index in [1.165, 1.54) is 5.56 Å². The Morgan fingerprint density at radius 1 is 1.08 bits per heavy atom. The van der Waals surface area contributed by atoms with E-state index in [9.17, 15) is 0 Å². The highest BCUT2D eigenvalue weighted by Crippen LogP contribution is 2.35. The van der Waals surface area contributed by atoms with Crippen LogP contribution in [-0.4, -0.2) is 26.8 Å². The van der Waals surface area contributed by atoms with E-state index in [0.717, 1.165) is 41.0 Å². The van der Waals surface area contributed by atoms with Gasteiger partial charge in [-0.05, 0) is 46.6 Å². The van der Waals surface area contributed by atoms with Gasteiger partial charge in [0.2, 0.25) is 0 Å². The van der Waals surface area contributed by atoms with Crippen molar-refractivity contribution in [1.82, 2.24) is 10.6 Å². The molecule has 2 N–H and O–H groups in total. The van der Waals surface area contributed by atoms with Crippen LogP contribution in [0.3, 0.4) is 0 Å². The molecule has 0 aromatic heterocycles. The van der Waals surface area contributed by atoms with E-state index in [1.807, 2.05) is 12.1 Å². The van der Waals surface area contributed by atoms with E-state index in [4.69, 9.17) is 9.47 Å². The smallest absolute Gasteiger partial charge is 0.133 e. The van der Waals surface area contributed by atoms with Gasteiger partial charge in [0.1, 0.15) is 11.5 Å². The second kappa shape index (κ2) is 8.01. The third-order valence-electron chi connectivity index (χ3n) is 4.53. The van der Waals surface area contributed by atoms with Crippen molar-refractivity contribution in [3.8, 4) is 11.5 Å². The third-order valence-corrected chi connectivity index (χ3v) is 5.40. The Hall–Kier alpha value is -1.56. The van der Waals surface area contributed by atoms with Crippen molar-refractivity contribution in [3.05, 3.63) is 58.1 Å². The maximum absolute atomic E-state index is 5.51. The van der Waals surface area contributed by atoms with Crippen molar-refractivity contribution in [2.45, 2.75) is 25.0 Å². The van der Waals surface area contributed by atoms with Crippen LogP contribution >= 0.6 is 15.9 Å². The number of methoxy groups -OCH3 is 2. The van der Waals surface area contributed by atoms with Gasteiger partial charge in [0, 0.05) is 24.2 Å². The zero-order valence-electron chi connectivity index (χ0n) is 14.0. The molecule has 0 saturated carbocycles. The van der Waals surface area contributed by atoms with Gasteiger partial charge < -0.3 is 20.1 Å². The Morgan fingerprint density at radius 2 is 1.79 bits per heavy atom. The molecule has 1 fully saturated rings. The molecule has 4 nitrogen and oxygen atoms in total. The number of hydrogen-bond acceptors (Lipinski definition) is 4. The topological polar surface area (TPSA) is 42.5 Å². The zero-order valence-corrected chi connectivity index (χ0v) is 15.6. The summed E-state index contributed by atoms with van der Waals surface area (Å²) in [5, 5.41) is 7.28. The van der Waals surface area contributed by atoms with Crippen LogP contribution in [0, 0.1) is 0 Å². The quantitative estimate of drug-likeness (QED) is 0.789. The molecule has 2 aromatic rings. The maximum atomic E-state index is 5.51. The third kappa shape index (κ3) is 3.58. The van der Waals surface area contributed by atoms with E-state index >= 15 is 0 Å². The molecule has 0 unspecified atom stereocenters. The zero-order chi connectivity index (χ0) is 16.9. The van der Waals surface area contributed by atoms with Crippen LogP contribution in [0.5, 0.6) is 11.5 Å². The molecule has 0 bridgehead atoms. The SMILES string of the molecule is COc1ccc(OC)c(CN[C@H]2CCN[C@H]2c2ccccc2)c1Br. The molecule has 2 atom stereocenters. The fourth-order valence-corrected chi connectivity index (χ4v) is 3.89. The molecular weight excluding hydrogens is 368 g/mol. The van der Waals surface area contributed by atoms with Gasteiger partial charge in [-0.15, -0.1) is 0 Å². The second-order valence-corrected chi connectivity index (χ2v) is 6.67. The number of benzene rings is 2. The summed E-state index contributed by atoms with van der Waals surface area (Å²) >= 11 is 3.64. The lowest BCUT2D eigenvalue weighted by atomic mass is 10.0. The summed E-state index contributed by atoms with van der Waals surface area (Å²) in [5.41, 5.74) is 2.40. The van der Waals surface area contributed by atoms with Gasteiger partial charge in [-0.3, -0.25) is 0 Å². The monoisotopic (exact) mass is 390 g/mol. The van der Waals surface area contributed by atoms with Gasteiger partial charge in [0.25, 0.3) is 0 Å². The fraction of sp³-hybridized carbons (Fsp3) is 0.368. The molecule has 24 heavy (non-hydrogen) atoms. The van der Waals surface area contributed by atoms with Crippen molar-refractivity contribution >= 4 is 15.9 Å². The number of ether oxygens (including phenoxy) is 2. The molecule has 2 aromatic carbocycles. The van der Waals surface area contributed by atoms with Gasteiger partial charge in [-0.25, -0.2) is 0 Å². The molecule has 1 heterocycles. The first-order chi connectivity index (χ1) is 11.7. The summed E-state index contributed by atoms with van der Waals surface area (Å²) in [6.07, 6.45) is 1.10. The highest BCUT2D eigenvalue weighted by Gasteiger charge is 2.28. The Kier molecular flexibility index (Phi) is 5.76. The first-order valence-electron chi connectivity index (χ1n) is 8.15. The minimum Gasteiger partial charge on any atom is -0.496 e. The minimum absolute atomic E-state index is 0.335. The van der Waals surface area contributed by atoms with Crippen molar-refractivity contribution in [3.63, 3.8) is 0 Å². The number of hydrogen-bond donors (Lipinski definition) is 2. The van der Waals surface area contributed by atoms with Crippen LogP contribution < -0.4 is 20.1 Å². The average molecular weight is 391 g/mol. The van der Waals surface area contributed by atoms with Crippen molar-refractivity contribution in [1.29, 1.82) is 0 Å². The van der Waals surface area contributed by atoms with Gasteiger partial charge in [0.15, 0.2) is 0 Å². The average Bonchev–Trinajstić information content (AvgIpc) is 3.09. The lowest BCUT2D eigenvalue weighted by Crippen LogP contribution is -2.34. The number of rotatable bonds is 6. The van der Waals surface area contributed by atoms with E-state index in [2.05, 4.69) is 56.9 Å². The molecule has 0 amide bonds. The minimum atomic E-state index is 0.335. The van der Waals surface area contributed by atoms with Crippen LogP contribution in [0.4, 0.5) is 0 Å². The van der Waals surface area contributed by atoms with E-state index < -0.39 is 0 Å². The van der Waals surface area contributed by atoms with Crippen LogP contribution in [0.15, 0.2) is 46.9 Å². The second-order valence-electron chi connectivity index (χ2n) is 5.88. The van der Waals surface area contributed by atoms with Gasteiger partial charge in [-0.2, -0.15) is 0 Å². The Balaban J connectivity index is 1.76. The Morgan fingerprint density at radius 3 is 2.50 bits per heavy atom. The molecule has 0 spiro atoms. The lowest BCUT2D eigenvalue weighted by Gasteiger charge is -2.22. The summed E-state index contributed by atoms with van der Waals surface area (Å²) in [6.45, 7) is 1.74. The molecule has 1 aliphatic heterocycles. The van der Waals surface area contributed by atoms with Crippen LogP contribution in [0.1, 0.15) is 23.6 Å². The van der Waals surface area contributed by atoms with Crippen molar-refractivity contribution in [2.24, 2.45) is 0 Å². The summed E-state index contributed by atoms with van der Waals surface area (Å²) in [4.78, 5) is 0. The molecule has 0 radical (unpaired) electrons. The van der Waals surface area contributed by atoms with Crippen molar-refractivity contribution < 1.29 is 9.47 Å². The van der Waals surface area contributed by atoms with Gasteiger partial charge in [-0.1, -0.05) is 30.3 Å². The summed E-state index contributed by atoms with van der Waals surface area (Å²) in [7, 11) is 3.37. The molecule has 1 aliphatic rings. The number of nitrogens with one attached hydrogen (secondary N) is 2. The Bertz CT molecular complexity index is 679. The largest absolute Gasteiger partial charge is 0.496 e. The van der Waals surface area contributed by atoms with Gasteiger partial charge in [0.05, 0.1) is 18.7 Å². The molecule has 1 saturated heterocycles. The fourth-order valence-electron chi connectivity index (χ4n) is 3.26. The normalized spacial score (nSPS) is 20.1. The van der Waals surface area contributed by atoms with Crippen molar-refractivity contribution in [2.75, 3.05) is 20.8 Å². The summed E-state index contributed by atoms with van der Waals surface area (Å²) in [5.74, 6) is 1.68. The predicted molar refractivity (Wildman–Crippen MR) is 99.7 cm³/mol. The predicted octanol–water partition coefficient (Wildman–Crippen LogP) is 3.66. The summed E-state index contributed by atoms with van der Waals surface area (Å²) in [6, 6.07) is 15.2. The van der Waals surface area contributed by atoms with Crippen LogP contribution in [0.2, 0.25) is 0 Å². The molecule has 128 valence electrons. The van der Waals surface area contributed by atoms with Crippen LogP contribution in [0.25, 0.3) is 0 Å². The standard InChI is InChI=1S/C19H23BrN2O2/c1-23-16-8-9-17(24-2)18(20)14(16)12-22-15-10-11-21-19(15)13-6-4-3-5-7-13/h3-9,15,19,21-22H,10-12H2,1-2H3/t15-,19-/m0/s1. The maximum Gasteiger partial charge on any atom is 0.133 e. The highest BCUT2D eigenvalue weighted by atomic mass is 79.9. The molecule has 0 aliphatic carbocycles. The van der Waals surface area contributed by atoms with Crippen LogP contribution in [-0.2, 0) is 6.54 Å². The number of halogens is 1. The van der Waals surface area contributed by atoms with Gasteiger partial charge >= 0.3 is 0 Å². The Labute approximate surface area is 151 Å². The first-order valence-corrected chi connectivity index (χ1v) is 8.95. The van der Waals surface area contributed by atoms with E-state index in [0.29, 0.717) is 12.1 Å². The highest BCUT2D eigenvalue weighted by molar-refractivity contribution is 9.10. The van der Waals surface area contributed by atoms with E-state index in [1.54, 1.807) is 14.2 Å².